The maximum Gasteiger partial charge on any atom is 0.261 e. The highest BCUT2D eigenvalue weighted by Crippen LogP contribution is 2.23. The number of nitrogens with zero attached hydrogens (tertiary/aromatic N) is 2. The van der Waals surface area contributed by atoms with Gasteiger partial charge in [-0.05, 0) is 49.2 Å². The van der Waals surface area contributed by atoms with Crippen molar-refractivity contribution in [2.24, 2.45) is 0 Å². The Kier molecular flexibility index (Phi) is 5.54. The first-order valence-corrected chi connectivity index (χ1v) is 9.00. The van der Waals surface area contributed by atoms with Gasteiger partial charge in [0.25, 0.3) is 11.8 Å². The normalized spacial score (nSPS) is 13.0. The van der Waals surface area contributed by atoms with Crippen molar-refractivity contribution in [1.82, 2.24) is 4.90 Å². The van der Waals surface area contributed by atoms with Crippen molar-refractivity contribution in [3.63, 3.8) is 0 Å². The third-order valence-electron chi connectivity index (χ3n) is 4.76. The molecule has 1 heterocycles. The standard InChI is InChI=1S/C21H22N2O4/c1-22(15-10-12-16(24)13-11-15)19(25)9-3-2-6-14-23-20(26)17-7-4-5-8-18(17)21(23)27/h4-5,7-8,10-13,24H,2-3,6,9,14H2,1H3. The maximum atomic E-state index is 12.3. The molecule has 1 N–H and O–H groups in total. The summed E-state index contributed by atoms with van der Waals surface area (Å²) in [5.74, 6) is -0.327. The lowest BCUT2D eigenvalue weighted by molar-refractivity contribution is -0.118. The van der Waals surface area contributed by atoms with Crippen LogP contribution >= 0.6 is 0 Å². The van der Waals surface area contributed by atoms with Crippen molar-refractivity contribution in [3.05, 3.63) is 59.7 Å². The Morgan fingerprint density at radius 1 is 0.926 bits per heavy atom. The van der Waals surface area contributed by atoms with E-state index in [1.807, 2.05) is 0 Å². The highest BCUT2D eigenvalue weighted by molar-refractivity contribution is 6.21. The summed E-state index contributed by atoms with van der Waals surface area (Å²) in [7, 11) is 1.70. The number of rotatable bonds is 7. The van der Waals surface area contributed by atoms with Gasteiger partial charge < -0.3 is 10.0 Å². The molecule has 1 aliphatic heterocycles. The number of carbonyl (C=O) groups is 3. The molecule has 6 heteroatoms. The van der Waals surface area contributed by atoms with Crippen LogP contribution in [0.5, 0.6) is 5.75 Å². The minimum absolute atomic E-state index is 0.0126. The van der Waals surface area contributed by atoms with Gasteiger partial charge in [-0.15, -0.1) is 0 Å². The topological polar surface area (TPSA) is 77.9 Å². The van der Waals surface area contributed by atoms with Crippen LogP contribution in [0.15, 0.2) is 48.5 Å². The first-order valence-electron chi connectivity index (χ1n) is 9.00. The molecule has 6 nitrogen and oxygen atoms in total. The molecule has 0 spiro atoms. The van der Waals surface area contributed by atoms with Crippen molar-refractivity contribution >= 4 is 23.4 Å². The molecule has 0 bridgehead atoms. The van der Waals surface area contributed by atoms with Crippen molar-refractivity contribution in [2.75, 3.05) is 18.5 Å². The molecule has 3 amide bonds. The number of carbonyl (C=O) groups excluding carboxylic acids is 3. The van der Waals surface area contributed by atoms with Crippen LogP contribution in [0.25, 0.3) is 0 Å². The number of unbranched alkanes of at least 4 members (excludes halogenated alkanes) is 2. The fourth-order valence-electron chi connectivity index (χ4n) is 3.15. The van der Waals surface area contributed by atoms with Gasteiger partial charge in [0.1, 0.15) is 5.75 Å². The molecular formula is C21H22N2O4. The van der Waals surface area contributed by atoms with Crippen LogP contribution in [0, 0.1) is 0 Å². The Hall–Kier alpha value is -3.15. The number of phenols is 1. The van der Waals surface area contributed by atoms with Crippen molar-refractivity contribution in [3.8, 4) is 5.75 Å². The summed E-state index contributed by atoms with van der Waals surface area (Å²) in [5.41, 5.74) is 1.66. The fraction of sp³-hybridized carbons (Fsp3) is 0.286. The van der Waals surface area contributed by atoms with E-state index in [1.54, 1.807) is 60.5 Å². The molecule has 0 saturated heterocycles. The average molecular weight is 366 g/mol. The molecule has 0 aliphatic carbocycles. The molecule has 140 valence electrons. The third kappa shape index (κ3) is 4.00. The summed E-state index contributed by atoms with van der Waals surface area (Å²) < 4.78 is 0. The van der Waals surface area contributed by atoms with Gasteiger partial charge in [0, 0.05) is 25.7 Å². The van der Waals surface area contributed by atoms with Crippen molar-refractivity contribution < 1.29 is 19.5 Å². The van der Waals surface area contributed by atoms with Crippen LogP contribution in [0.1, 0.15) is 46.4 Å². The van der Waals surface area contributed by atoms with E-state index in [0.29, 0.717) is 36.9 Å². The summed E-state index contributed by atoms with van der Waals surface area (Å²) in [6.45, 7) is 0.369. The molecule has 0 fully saturated rings. The molecule has 0 aromatic heterocycles. The van der Waals surface area contributed by atoms with Gasteiger partial charge >= 0.3 is 0 Å². The second-order valence-electron chi connectivity index (χ2n) is 6.59. The molecule has 2 aromatic carbocycles. The summed E-state index contributed by atoms with van der Waals surface area (Å²) >= 11 is 0. The third-order valence-corrected chi connectivity index (χ3v) is 4.76. The molecule has 27 heavy (non-hydrogen) atoms. The van der Waals surface area contributed by atoms with E-state index in [0.717, 1.165) is 12.1 Å². The van der Waals surface area contributed by atoms with E-state index in [9.17, 15) is 19.5 Å². The lowest BCUT2D eigenvalue weighted by atomic mass is 10.1. The Morgan fingerprint density at radius 3 is 2.11 bits per heavy atom. The Bertz CT molecular complexity index is 826. The second-order valence-corrected chi connectivity index (χ2v) is 6.59. The Morgan fingerprint density at radius 2 is 1.52 bits per heavy atom. The minimum Gasteiger partial charge on any atom is -0.508 e. The number of fused-ring (bicyclic) bond motifs is 1. The lowest BCUT2D eigenvalue weighted by Gasteiger charge is -2.17. The molecule has 3 rings (SSSR count). The quantitative estimate of drug-likeness (QED) is 0.603. The monoisotopic (exact) mass is 366 g/mol. The van der Waals surface area contributed by atoms with Gasteiger partial charge in [-0.1, -0.05) is 18.6 Å². The summed E-state index contributed by atoms with van der Waals surface area (Å²) in [6.07, 6.45) is 2.49. The van der Waals surface area contributed by atoms with Crippen molar-refractivity contribution in [2.45, 2.75) is 25.7 Å². The van der Waals surface area contributed by atoms with Gasteiger partial charge in [0.15, 0.2) is 0 Å². The zero-order valence-corrected chi connectivity index (χ0v) is 15.2. The number of aromatic hydroxyl groups is 1. The Labute approximate surface area is 158 Å². The summed E-state index contributed by atoms with van der Waals surface area (Å²) in [5, 5.41) is 9.31. The molecule has 0 saturated carbocycles. The molecule has 0 unspecified atom stereocenters. The SMILES string of the molecule is CN(C(=O)CCCCCN1C(=O)c2ccccc2C1=O)c1ccc(O)cc1. The number of imide groups is 1. The summed E-state index contributed by atoms with van der Waals surface area (Å²) in [4.78, 5) is 39.6. The average Bonchev–Trinajstić information content (AvgIpc) is 2.92. The Balaban J connectivity index is 1.42. The molecule has 0 radical (unpaired) electrons. The lowest BCUT2D eigenvalue weighted by Crippen LogP contribution is -2.30. The van der Waals surface area contributed by atoms with Crippen LogP contribution in [0.4, 0.5) is 5.69 Å². The largest absolute Gasteiger partial charge is 0.508 e. The maximum absolute atomic E-state index is 12.3. The van der Waals surface area contributed by atoms with Crippen LogP contribution in [0.2, 0.25) is 0 Å². The predicted molar refractivity (Wildman–Crippen MR) is 102 cm³/mol. The van der Waals surface area contributed by atoms with E-state index in [2.05, 4.69) is 0 Å². The number of anilines is 1. The van der Waals surface area contributed by atoms with E-state index in [1.165, 1.54) is 4.90 Å². The predicted octanol–water partition coefficient (Wildman–Crippen LogP) is 3.21. The molecule has 2 aromatic rings. The highest BCUT2D eigenvalue weighted by Gasteiger charge is 2.34. The van der Waals surface area contributed by atoms with Crippen molar-refractivity contribution in [1.29, 1.82) is 0 Å². The van der Waals surface area contributed by atoms with E-state index in [4.69, 9.17) is 0 Å². The van der Waals surface area contributed by atoms with Gasteiger partial charge in [0.05, 0.1) is 11.1 Å². The first-order chi connectivity index (χ1) is 13.0. The van der Waals surface area contributed by atoms with Gasteiger partial charge in [-0.3, -0.25) is 19.3 Å². The van der Waals surface area contributed by atoms with Crippen LogP contribution < -0.4 is 4.90 Å². The zero-order chi connectivity index (χ0) is 19.4. The number of hydrogen-bond acceptors (Lipinski definition) is 4. The summed E-state index contributed by atoms with van der Waals surface area (Å²) in [6, 6.07) is 13.3. The van der Waals surface area contributed by atoms with Crippen LogP contribution in [-0.4, -0.2) is 41.3 Å². The van der Waals surface area contributed by atoms with E-state index in [-0.39, 0.29) is 23.5 Å². The van der Waals surface area contributed by atoms with E-state index >= 15 is 0 Å². The molecule has 1 aliphatic rings. The van der Waals surface area contributed by atoms with Gasteiger partial charge in [-0.2, -0.15) is 0 Å². The minimum atomic E-state index is -0.237. The van der Waals surface area contributed by atoms with E-state index < -0.39 is 0 Å². The number of amides is 3. The first kappa shape index (κ1) is 18.6. The highest BCUT2D eigenvalue weighted by atomic mass is 16.3. The smallest absolute Gasteiger partial charge is 0.261 e. The number of phenolic OH excluding ortho intramolecular Hbond substituents is 1. The van der Waals surface area contributed by atoms with Crippen LogP contribution in [0.3, 0.4) is 0 Å². The second kappa shape index (κ2) is 8.03. The fourth-order valence-corrected chi connectivity index (χ4v) is 3.15. The molecule has 0 atom stereocenters. The van der Waals surface area contributed by atoms with Gasteiger partial charge in [0.2, 0.25) is 5.91 Å². The number of benzene rings is 2. The number of hydrogen-bond donors (Lipinski definition) is 1. The molecular weight excluding hydrogens is 344 g/mol. The van der Waals surface area contributed by atoms with Gasteiger partial charge in [-0.25, -0.2) is 0 Å². The van der Waals surface area contributed by atoms with Crippen LogP contribution in [-0.2, 0) is 4.79 Å². The zero-order valence-electron chi connectivity index (χ0n) is 15.2.